The molecule has 14 heteroatoms. The number of benzene rings is 15. The molecule has 128 heavy (non-hydrogen) atoms. The number of hydrogen-bond acceptors (Lipinski definition) is 14. The maximum Gasteiger partial charge on any atom is 0.182 e. The van der Waals surface area contributed by atoms with E-state index in [-0.39, 0.29) is 0 Å². The Morgan fingerprint density at radius 1 is 0.133 bits per heavy atom. The van der Waals surface area contributed by atoms with Gasteiger partial charge in [-0.3, -0.25) is 9.97 Å². The molecule has 25 rings (SSSR count). The highest BCUT2D eigenvalue weighted by atomic mass is 15.1. The summed E-state index contributed by atoms with van der Waals surface area (Å²) in [7, 11) is 0. The first kappa shape index (κ1) is 74.2. The lowest BCUT2D eigenvalue weighted by molar-refractivity contribution is 1.06. The van der Waals surface area contributed by atoms with E-state index in [2.05, 4.69) is 260 Å². The van der Waals surface area contributed by atoms with E-state index in [9.17, 15) is 0 Å². The largest absolute Gasteiger partial charge is 0.254 e. The van der Waals surface area contributed by atoms with Crippen LogP contribution < -0.4 is 0 Å². The summed E-state index contributed by atoms with van der Waals surface area (Å²) < 4.78 is 0. The second-order valence-corrected chi connectivity index (χ2v) is 31.9. The summed E-state index contributed by atoms with van der Waals surface area (Å²) in [5.41, 5.74) is 24.8. The van der Waals surface area contributed by atoms with E-state index < -0.39 is 0 Å². The van der Waals surface area contributed by atoms with Crippen LogP contribution in [0.5, 0.6) is 0 Å². The molecule has 0 saturated heterocycles. The van der Waals surface area contributed by atoms with Gasteiger partial charge in [0.1, 0.15) is 11.4 Å². The van der Waals surface area contributed by atoms with Crippen molar-refractivity contribution in [1.82, 2.24) is 69.8 Å². The van der Waals surface area contributed by atoms with Crippen LogP contribution in [-0.2, 0) is 0 Å². The van der Waals surface area contributed by atoms with Crippen LogP contribution in [0.15, 0.2) is 413 Å². The Morgan fingerprint density at radius 2 is 0.383 bits per heavy atom. The van der Waals surface area contributed by atoms with Crippen LogP contribution in [0.2, 0.25) is 0 Å². The Bertz CT molecular complexity index is 8610. The van der Waals surface area contributed by atoms with Crippen LogP contribution in [-0.4, -0.2) is 69.8 Å². The van der Waals surface area contributed by atoms with E-state index in [4.69, 9.17) is 64.8 Å². The predicted octanol–water partition coefficient (Wildman–Crippen LogP) is 27.6. The minimum Gasteiger partial charge on any atom is -0.254 e. The van der Waals surface area contributed by atoms with Gasteiger partial charge < -0.3 is 0 Å². The topological polar surface area (TPSA) is 180 Å². The van der Waals surface area contributed by atoms with Crippen molar-refractivity contribution in [2.24, 2.45) is 0 Å². The van der Waals surface area contributed by atoms with Gasteiger partial charge in [0.05, 0.1) is 66.9 Å². The minimum absolute atomic E-state index is 0.528. The quantitative estimate of drug-likeness (QED) is 0.0832. The smallest absolute Gasteiger partial charge is 0.182 e. The monoisotopic (exact) mass is 1630 g/mol. The molecule has 10 aromatic heterocycles. The first-order chi connectivity index (χ1) is 63.3. The number of aromatic nitrogens is 14. The van der Waals surface area contributed by atoms with Crippen molar-refractivity contribution < 1.29 is 0 Å². The molecule has 0 spiro atoms. The van der Waals surface area contributed by atoms with Crippen molar-refractivity contribution in [3.8, 4) is 136 Å². The zero-order chi connectivity index (χ0) is 84.5. The molecule has 14 nitrogen and oxygen atoms in total. The van der Waals surface area contributed by atoms with Gasteiger partial charge in [0.25, 0.3) is 0 Å². The van der Waals surface area contributed by atoms with Gasteiger partial charge in [-0.2, -0.15) is 0 Å². The molecular weight excluding hydrogens is 1570 g/mol. The minimum atomic E-state index is 0.528. The summed E-state index contributed by atoms with van der Waals surface area (Å²) in [6.07, 6.45) is 3.67. The molecule has 594 valence electrons. The van der Waals surface area contributed by atoms with Crippen molar-refractivity contribution >= 4 is 120 Å². The summed E-state index contributed by atoms with van der Waals surface area (Å²) in [4.78, 5) is 69.5. The van der Waals surface area contributed by atoms with E-state index in [0.29, 0.717) is 46.3 Å². The van der Waals surface area contributed by atoms with Crippen LogP contribution in [0, 0.1) is 0 Å². The molecule has 0 aliphatic carbocycles. The van der Waals surface area contributed by atoms with Crippen molar-refractivity contribution in [2.75, 3.05) is 0 Å². The highest BCUT2D eigenvalue weighted by Gasteiger charge is 2.23. The van der Waals surface area contributed by atoms with Gasteiger partial charge in [0, 0.05) is 100.0 Å². The molecule has 10 heterocycles. The summed E-state index contributed by atoms with van der Waals surface area (Å²) in [5.74, 6) is 3.50. The lowest BCUT2D eigenvalue weighted by atomic mass is 9.88. The van der Waals surface area contributed by atoms with Crippen molar-refractivity contribution in [3.63, 3.8) is 0 Å². The normalized spacial score (nSPS) is 11.6. The second kappa shape index (κ2) is 31.4. The lowest BCUT2D eigenvalue weighted by Crippen LogP contribution is -2.01. The molecule has 0 fully saturated rings. The zero-order valence-corrected chi connectivity index (χ0v) is 68.5. The fraction of sp³-hybridized carbons (Fsp3) is 0. The van der Waals surface area contributed by atoms with Gasteiger partial charge in [-0.05, 0) is 164 Å². The zero-order valence-electron chi connectivity index (χ0n) is 68.5. The lowest BCUT2D eigenvalue weighted by Gasteiger charge is -2.17. The molecule has 0 saturated carbocycles. The van der Waals surface area contributed by atoms with Gasteiger partial charge in [-0.25, -0.2) is 59.8 Å². The number of hydrogen-bond donors (Lipinski definition) is 0. The first-order valence-corrected chi connectivity index (χ1v) is 42.5. The highest BCUT2D eigenvalue weighted by Crippen LogP contribution is 2.45. The number of rotatable bonds is 12. The summed E-state index contributed by atoms with van der Waals surface area (Å²) in [5, 5.41) is 15.3. The maximum absolute atomic E-state index is 5.35. The summed E-state index contributed by atoms with van der Waals surface area (Å²) in [6, 6.07) is 138. The standard InChI is InChI=1S/C59H35N7.C55H33N7/c1-3-12-38(13-4-1)57-64-58(39-14-5-2-6-15-39)66-59(65-57)52-32-27-43-35-41(25-29-49(43)62-52)40-24-28-48-42(34-40)26-31-50(61-48)53-44-17-7-9-19-46(44)54(47-20-10-8-18-45(47)53)51-30-23-37-22-21-36-16-11-33-60-55(36)56(37)63-51;1-3-8-36(9-4-1)53-60-54(37-10-5-2-6-11-37)62-55(61-53)50-28-23-45-33-41(21-26-48(45)58-50)40-20-25-46-44(32-40)22-27-47(57-46)42-17-15-39-31-43(18-16-38(39)30-42)49-24-19-35-14-13-34-12-7-29-56-51(34)52(35)59-49/h1-35H;1-33H. The van der Waals surface area contributed by atoms with E-state index in [1.54, 1.807) is 0 Å². The number of fused-ring (bicyclic) bond motifs is 13. The molecule has 0 aliphatic rings. The van der Waals surface area contributed by atoms with E-state index in [1.807, 2.05) is 158 Å². The SMILES string of the molecule is c1ccc(-c2nc(-c3ccccc3)nc(-c3ccc4cc(-c5ccc6nc(-c7c8ccccc8c(-c8ccc9ccc%10cccnc%10c9n8)c8ccccc78)ccc6c5)ccc4n3)n2)cc1.c1ccc(-c2nc(-c3ccccc3)nc(-c3ccc4cc(-c5ccc6nc(-c7ccc8cc(-c9ccc%10ccc%11cccnc%11c%10n9)ccc8c7)ccc6c5)ccc4n3)n2)cc1. The molecule has 0 bridgehead atoms. The summed E-state index contributed by atoms with van der Waals surface area (Å²) >= 11 is 0. The molecule has 15 aromatic carbocycles. The van der Waals surface area contributed by atoms with E-state index in [0.717, 1.165) is 209 Å². The maximum atomic E-state index is 5.35. The third-order valence-corrected chi connectivity index (χ3v) is 24.0. The van der Waals surface area contributed by atoms with Crippen LogP contribution in [0.25, 0.3) is 255 Å². The van der Waals surface area contributed by atoms with E-state index >= 15 is 0 Å². The highest BCUT2D eigenvalue weighted by molar-refractivity contribution is 6.21. The molecular formula is C114H68N14. The Balaban J connectivity index is 0.000000143. The average molecular weight is 1630 g/mol. The molecule has 0 radical (unpaired) electrons. The Labute approximate surface area is 733 Å². The van der Waals surface area contributed by atoms with Gasteiger partial charge >= 0.3 is 0 Å². The van der Waals surface area contributed by atoms with Crippen molar-refractivity contribution in [3.05, 3.63) is 413 Å². The Kier molecular flexibility index (Phi) is 18.2. The van der Waals surface area contributed by atoms with Gasteiger partial charge in [-0.1, -0.05) is 291 Å². The van der Waals surface area contributed by atoms with Gasteiger partial charge in [0.15, 0.2) is 34.9 Å². The van der Waals surface area contributed by atoms with E-state index in [1.165, 1.54) is 0 Å². The summed E-state index contributed by atoms with van der Waals surface area (Å²) in [6.45, 7) is 0. The molecule has 25 aromatic rings. The first-order valence-electron chi connectivity index (χ1n) is 42.5. The fourth-order valence-electron chi connectivity index (χ4n) is 17.6. The molecule has 0 aliphatic heterocycles. The molecule has 0 amide bonds. The molecule has 0 unspecified atom stereocenters. The second-order valence-electron chi connectivity index (χ2n) is 31.9. The molecule has 0 N–H and O–H groups in total. The van der Waals surface area contributed by atoms with Gasteiger partial charge in [-0.15, -0.1) is 0 Å². The third kappa shape index (κ3) is 13.9. The number of pyridine rings is 8. The Morgan fingerprint density at radius 3 is 0.750 bits per heavy atom. The van der Waals surface area contributed by atoms with Crippen LogP contribution in [0.4, 0.5) is 0 Å². The van der Waals surface area contributed by atoms with Crippen molar-refractivity contribution in [2.45, 2.75) is 0 Å². The predicted molar refractivity (Wildman–Crippen MR) is 520 cm³/mol. The van der Waals surface area contributed by atoms with Crippen molar-refractivity contribution in [1.29, 1.82) is 0 Å². The van der Waals surface area contributed by atoms with Crippen LogP contribution in [0.1, 0.15) is 0 Å². The number of nitrogens with zero attached hydrogens (tertiary/aromatic N) is 14. The fourth-order valence-corrected chi connectivity index (χ4v) is 17.6. The van der Waals surface area contributed by atoms with Gasteiger partial charge in [0.2, 0.25) is 0 Å². The Hall–Kier alpha value is -17.6. The third-order valence-electron chi connectivity index (χ3n) is 24.0. The van der Waals surface area contributed by atoms with Crippen LogP contribution in [0.3, 0.4) is 0 Å². The molecule has 0 atom stereocenters. The van der Waals surface area contributed by atoms with Crippen LogP contribution >= 0.6 is 0 Å². The average Bonchev–Trinajstić information content (AvgIpc) is 0.713.